The summed E-state index contributed by atoms with van der Waals surface area (Å²) < 4.78 is 18.2. The number of anilines is 1. The molecule has 0 radical (unpaired) electrons. The third kappa shape index (κ3) is 7.15. The lowest BCUT2D eigenvalue weighted by Gasteiger charge is -2.26. The van der Waals surface area contributed by atoms with Crippen molar-refractivity contribution in [3.63, 3.8) is 0 Å². The van der Waals surface area contributed by atoms with E-state index in [1.807, 2.05) is 42.5 Å². The zero-order valence-electron chi connectivity index (χ0n) is 18.0. The van der Waals surface area contributed by atoms with Gasteiger partial charge in [-0.3, -0.25) is 19.4 Å². The van der Waals surface area contributed by atoms with Gasteiger partial charge in [-0.25, -0.2) is 4.39 Å². The largest absolute Gasteiger partial charge is 0.465 e. The molecule has 3 rings (SSSR count). The van der Waals surface area contributed by atoms with Crippen molar-refractivity contribution in [2.24, 2.45) is 0 Å². The predicted molar refractivity (Wildman–Crippen MR) is 118 cm³/mol. The molecule has 0 atom stereocenters. The van der Waals surface area contributed by atoms with E-state index in [1.54, 1.807) is 6.92 Å². The van der Waals surface area contributed by atoms with Gasteiger partial charge >= 0.3 is 5.97 Å². The molecule has 1 fully saturated rings. The molecular formula is C24H30FN3O3. The Morgan fingerprint density at radius 1 is 0.968 bits per heavy atom. The molecule has 0 saturated carbocycles. The van der Waals surface area contributed by atoms with E-state index < -0.39 is 5.97 Å². The number of esters is 1. The van der Waals surface area contributed by atoms with E-state index in [1.165, 1.54) is 17.0 Å². The second-order valence-corrected chi connectivity index (χ2v) is 7.65. The number of hydrogen-bond acceptors (Lipinski definition) is 5. The van der Waals surface area contributed by atoms with Gasteiger partial charge in [0.15, 0.2) is 0 Å². The molecule has 0 bridgehead atoms. The van der Waals surface area contributed by atoms with Crippen molar-refractivity contribution in [2.45, 2.75) is 19.9 Å². The number of rotatable bonds is 8. The first kappa shape index (κ1) is 22.9. The molecule has 0 N–H and O–H groups in total. The lowest BCUT2D eigenvalue weighted by molar-refractivity contribution is -0.142. The lowest BCUT2D eigenvalue weighted by atomic mass is 10.2. The summed E-state index contributed by atoms with van der Waals surface area (Å²) >= 11 is 0. The van der Waals surface area contributed by atoms with Crippen LogP contribution in [0.4, 0.5) is 10.1 Å². The lowest BCUT2D eigenvalue weighted by Crippen LogP contribution is -2.44. The Hall–Kier alpha value is -2.77. The van der Waals surface area contributed by atoms with Gasteiger partial charge in [0, 0.05) is 25.3 Å². The number of nitrogens with zero attached hydrogens (tertiary/aromatic N) is 3. The zero-order chi connectivity index (χ0) is 22.1. The molecule has 6 nitrogen and oxygen atoms in total. The molecule has 1 saturated heterocycles. The van der Waals surface area contributed by atoms with Crippen LogP contribution in [0.2, 0.25) is 0 Å². The van der Waals surface area contributed by atoms with Crippen LogP contribution in [0.1, 0.15) is 18.9 Å². The number of hydrogen-bond donors (Lipinski definition) is 0. The topological polar surface area (TPSA) is 53.1 Å². The number of benzene rings is 2. The Morgan fingerprint density at radius 2 is 1.65 bits per heavy atom. The number of ether oxygens (including phenoxy) is 1. The molecule has 1 aliphatic rings. The first-order valence-electron chi connectivity index (χ1n) is 10.8. The average Bonchev–Trinajstić information content (AvgIpc) is 2.99. The second kappa shape index (κ2) is 11.6. The molecule has 0 aromatic heterocycles. The molecule has 1 amide bonds. The van der Waals surface area contributed by atoms with Crippen LogP contribution in [0.5, 0.6) is 0 Å². The van der Waals surface area contributed by atoms with Gasteiger partial charge < -0.3 is 9.64 Å². The molecule has 166 valence electrons. The minimum absolute atomic E-state index is 0.0960. The number of amides is 1. The Bertz CT molecular complexity index is 845. The van der Waals surface area contributed by atoms with Crippen molar-refractivity contribution in [2.75, 3.05) is 50.8 Å². The first-order chi connectivity index (χ1) is 15.0. The van der Waals surface area contributed by atoms with Gasteiger partial charge in [-0.05, 0) is 56.3 Å². The fraction of sp³-hybridized carbons (Fsp3) is 0.417. The van der Waals surface area contributed by atoms with Crippen LogP contribution < -0.4 is 4.90 Å². The molecule has 0 unspecified atom stereocenters. The number of carbonyl (C=O) groups is 2. The van der Waals surface area contributed by atoms with E-state index in [0.717, 1.165) is 44.7 Å². The SMILES string of the molecule is CCOC(=O)CN(C(=O)CN1CCCN(Cc2ccc(F)cc2)CC1)c1ccccc1. The maximum atomic E-state index is 13.1. The highest BCUT2D eigenvalue weighted by Crippen LogP contribution is 2.15. The van der Waals surface area contributed by atoms with E-state index in [2.05, 4.69) is 9.80 Å². The van der Waals surface area contributed by atoms with Crippen LogP contribution in [0.25, 0.3) is 0 Å². The van der Waals surface area contributed by atoms with E-state index in [4.69, 9.17) is 4.74 Å². The number of para-hydroxylation sites is 1. The highest BCUT2D eigenvalue weighted by atomic mass is 19.1. The molecule has 2 aromatic carbocycles. The third-order valence-corrected chi connectivity index (χ3v) is 5.32. The number of halogens is 1. The highest BCUT2D eigenvalue weighted by molar-refractivity contribution is 5.98. The van der Waals surface area contributed by atoms with Crippen LogP contribution >= 0.6 is 0 Å². The molecule has 0 aliphatic carbocycles. The third-order valence-electron chi connectivity index (χ3n) is 5.32. The summed E-state index contributed by atoms with van der Waals surface area (Å²) in [5.74, 6) is -0.762. The molecule has 0 spiro atoms. The summed E-state index contributed by atoms with van der Waals surface area (Å²) in [4.78, 5) is 31.1. The van der Waals surface area contributed by atoms with Crippen molar-refractivity contribution >= 4 is 17.6 Å². The maximum absolute atomic E-state index is 13.1. The summed E-state index contributed by atoms with van der Waals surface area (Å²) in [5, 5.41) is 0. The summed E-state index contributed by atoms with van der Waals surface area (Å²) in [6.07, 6.45) is 0.942. The summed E-state index contributed by atoms with van der Waals surface area (Å²) in [7, 11) is 0. The normalized spacial score (nSPS) is 15.3. The standard InChI is InChI=1S/C24H30FN3O3/c1-2-31-24(30)19-28(22-7-4-3-5-8-22)23(29)18-27-14-6-13-26(15-16-27)17-20-9-11-21(25)12-10-20/h3-5,7-12H,2,6,13-19H2,1H3. The van der Waals surface area contributed by atoms with E-state index in [0.29, 0.717) is 5.69 Å². The second-order valence-electron chi connectivity index (χ2n) is 7.65. The Morgan fingerprint density at radius 3 is 2.35 bits per heavy atom. The Labute approximate surface area is 183 Å². The summed E-state index contributed by atoms with van der Waals surface area (Å²) in [5.41, 5.74) is 1.77. The first-order valence-corrected chi connectivity index (χ1v) is 10.8. The molecular weight excluding hydrogens is 397 g/mol. The van der Waals surface area contributed by atoms with Gasteiger partial charge in [-0.1, -0.05) is 30.3 Å². The molecule has 2 aromatic rings. The maximum Gasteiger partial charge on any atom is 0.326 e. The summed E-state index contributed by atoms with van der Waals surface area (Å²) in [6, 6.07) is 15.8. The summed E-state index contributed by atoms with van der Waals surface area (Å²) in [6.45, 7) is 6.28. The van der Waals surface area contributed by atoms with Crippen molar-refractivity contribution in [1.29, 1.82) is 0 Å². The van der Waals surface area contributed by atoms with E-state index >= 15 is 0 Å². The van der Waals surface area contributed by atoms with Gasteiger partial charge in [0.25, 0.3) is 0 Å². The van der Waals surface area contributed by atoms with Crippen LogP contribution in [-0.2, 0) is 20.9 Å². The van der Waals surface area contributed by atoms with Crippen LogP contribution in [0.3, 0.4) is 0 Å². The van der Waals surface area contributed by atoms with Crippen LogP contribution in [0, 0.1) is 5.82 Å². The van der Waals surface area contributed by atoms with Crippen molar-refractivity contribution in [3.05, 3.63) is 66.0 Å². The van der Waals surface area contributed by atoms with Gasteiger partial charge in [0.05, 0.1) is 13.2 Å². The minimum Gasteiger partial charge on any atom is -0.465 e. The van der Waals surface area contributed by atoms with Gasteiger partial charge in [0.2, 0.25) is 5.91 Å². The van der Waals surface area contributed by atoms with E-state index in [9.17, 15) is 14.0 Å². The van der Waals surface area contributed by atoms with Crippen LogP contribution in [-0.4, -0.2) is 67.6 Å². The van der Waals surface area contributed by atoms with Crippen molar-refractivity contribution in [3.8, 4) is 0 Å². The monoisotopic (exact) mass is 427 g/mol. The quantitative estimate of drug-likeness (QED) is 0.607. The highest BCUT2D eigenvalue weighted by Gasteiger charge is 2.23. The average molecular weight is 428 g/mol. The van der Waals surface area contributed by atoms with Gasteiger partial charge in [-0.15, -0.1) is 0 Å². The molecule has 1 aliphatic heterocycles. The van der Waals surface area contributed by atoms with Crippen LogP contribution in [0.15, 0.2) is 54.6 Å². The predicted octanol–water partition coefficient (Wildman–Crippen LogP) is 2.93. The molecule has 7 heteroatoms. The fourth-order valence-corrected chi connectivity index (χ4v) is 3.73. The molecule has 1 heterocycles. The minimum atomic E-state index is -0.416. The molecule has 31 heavy (non-hydrogen) atoms. The van der Waals surface area contributed by atoms with E-state index in [-0.39, 0.29) is 31.4 Å². The fourth-order valence-electron chi connectivity index (χ4n) is 3.73. The van der Waals surface area contributed by atoms with Crippen molar-refractivity contribution in [1.82, 2.24) is 9.80 Å². The Kier molecular flexibility index (Phi) is 8.55. The van der Waals surface area contributed by atoms with Gasteiger partial charge in [0.1, 0.15) is 12.4 Å². The van der Waals surface area contributed by atoms with Crippen molar-refractivity contribution < 1.29 is 18.7 Å². The van der Waals surface area contributed by atoms with Gasteiger partial charge in [-0.2, -0.15) is 0 Å². The Balaban J connectivity index is 1.58. The smallest absolute Gasteiger partial charge is 0.326 e. The zero-order valence-corrected chi connectivity index (χ0v) is 18.0. The number of carbonyl (C=O) groups excluding carboxylic acids is 2.